The molecule has 0 bridgehead atoms. The van der Waals surface area contributed by atoms with E-state index in [4.69, 9.17) is 9.15 Å². The van der Waals surface area contributed by atoms with Gasteiger partial charge in [-0.25, -0.2) is 12.7 Å². The van der Waals surface area contributed by atoms with Crippen LogP contribution in [0.5, 0.6) is 0 Å². The molecular weight excluding hydrogens is 360 g/mol. The first-order valence-corrected chi connectivity index (χ1v) is 9.23. The van der Waals surface area contributed by atoms with Crippen LogP contribution in [0.4, 0.5) is 5.69 Å². The first kappa shape index (κ1) is 19.7. The third-order valence-electron chi connectivity index (χ3n) is 3.42. The maximum absolute atomic E-state index is 12.1. The lowest BCUT2D eigenvalue weighted by Crippen LogP contribution is -2.23. The van der Waals surface area contributed by atoms with Crippen LogP contribution in [-0.2, 0) is 30.8 Å². The molecular formula is C17H20N2O6S. The van der Waals surface area contributed by atoms with Gasteiger partial charge in [0.15, 0.2) is 6.61 Å². The van der Waals surface area contributed by atoms with Crippen molar-refractivity contribution in [2.75, 3.05) is 26.0 Å². The van der Waals surface area contributed by atoms with Gasteiger partial charge in [0.25, 0.3) is 5.91 Å². The minimum atomic E-state index is -3.60. The van der Waals surface area contributed by atoms with E-state index in [9.17, 15) is 18.0 Å². The van der Waals surface area contributed by atoms with E-state index in [1.165, 1.54) is 38.6 Å². The number of amides is 1. The lowest BCUT2D eigenvalue weighted by molar-refractivity contribution is -0.147. The Balaban J connectivity index is 1.85. The maximum atomic E-state index is 12.1. The van der Waals surface area contributed by atoms with E-state index in [1.54, 1.807) is 18.2 Å². The summed E-state index contributed by atoms with van der Waals surface area (Å²) in [6, 6.07) is 9.30. The molecule has 0 unspecified atom stereocenters. The first-order valence-electron chi connectivity index (χ1n) is 7.79. The van der Waals surface area contributed by atoms with Crippen molar-refractivity contribution in [2.45, 2.75) is 17.7 Å². The molecule has 0 radical (unpaired) electrons. The summed E-state index contributed by atoms with van der Waals surface area (Å²) in [5.74, 6) is -0.429. The molecule has 1 N–H and O–H groups in total. The summed E-state index contributed by atoms with van der Waals surface area (Å²) < 4.78 is 35.3. The van der Waals surface area contributed by atoms with E-state index in [0.717, 1.165) is 4.31 Å². The van der Waals surface area contributed by atoms with Gasteiger partial charge in [0.2, 0.25) is 10.0 Å². The Kier molecular flexibility index (Phi) is 6.53. The Bertz CT molecular complexity index is 859. The molecule has 9 heteroatoms. The molecule has 0 saturated carbocycles. The Labute approximate surface area is 151 Å². The van der Waals surface area contributed by atoms with Crippen molar-refractivity contribution in [2.24, 2.45) is 0 Å². The van der Waals surface area contributed by atoms with Crippen LogP contribution < -0.4 is 5.32 Å². The third-order valence-corrected chi connectivity index (χ3v) is 5.23. The van der Waals surface area contributed by atoms with Gasteiger partial charge >= 0.3 is 5.97 Å². The zero-order chi connectivity index (χ0) is 19.2. The second-order valence-corrected chi connectivity index (χ2v) is 7.76. The number of carbonyl (C=O) groups is 2. The lowest BCUT2D eigenvalue weighted by Gasteiger charge is -2.12. The number of furan rings is 1. The van der Waals surface area contributed by atoms with Crippen molar-refractivity contribution in [3.05, 3.63) is 48.4 Å². The molecule has 8 nitrogen and oxygen atoms in total. The topological polar surface area (TPSA) is 106 Å². The monoisotopic (exact) mass is 380 g/mol. The Morgan fingerprint density at radius 1 is 1.19 bits per heavy atom. The van der Waals surface area contributed by atoms with Crippen LogP contribution in [-0.4, -0.2) is 45.3 Å². The number of esters is 1. The van der Waals surface area contributed by atoms with Crippen molar-refractivity contribution in [3.63, 3.8) is 0 Å². The number of aryl methyl sites for hydroxylation is 1. The number of hydrogen-bond donors (Lipinski definition) is 1. The SMILES string of the molecule is CN(C)S(=O)(=O)c1cccc(NC(=O)COC(=O)CCc2ccco2)c1. The highest BCUT2D eigenvalue weighted by Gasteiger charge is 2.17. The summed E-state index contributed by atoms with van der Waals surface area (Å²) in [4.78, 5) is 23.6. The molecule has 0 spiro atoms. The van der Waals surface area contributed by atoms with Crippen LogP contribution in [0.2, 0.25) is 0 Å². The number of hydrogen-bond acceptors (Lipinski definition) is 6. The molecule has 1 aromatic carbocycles. The fraction of sp³-hybridized carbons (Fsp3) is 0.294. The molecule has 1 amide bonds. The Morgan fingerprint density at radius 3 is 2.62 bits per heavy atom. The van der Waals surface area contributed by atoms with Crippen molar-refractivity contribution in [1.29, 1.82) is 0 Å². The normalized spacial score (nSPS) is 11.3. The molecule has 140 valence electrons. The second-order valence-electron chi connectivity index (χ2n) is 5.60. The molecule has 1 heterocycles. The molecule has 1 aromatic heterocycles. The number of carbonyl (C=O) groups excluding carboxylic acids is 2. The van der Waals surface area contributed by atoms with Gasteiger partial charge in [-0.3, -0.25) is 9.59 Å². The van der Waals surface area contributed by atoms with Gasteiger partial charge in [0.05, 0.1) is 17.6 Å². The van der Waals surface area contributed by atoms with Gasteiger partial charge in [-0.15, -0.1) is 0 Å². The maximum Gasteiger partial charge on any atom is 0.306 e. The predicted octanol–water partition coefficient (Wildman–Crippen LogP) is 1.64. The summed E-state index contributed by atoms with van der Waals surface area (Å²) in [6.45, 7) is -0.457. The van der Waals surface area contributed by atoms with Crippen LogP contribution in [0, 0.1) is 0 Å². The van der Waals surface area contributed by atoms with E-state index in [-0.39, 0.29) is 11.3 Å². The van der Waals surface area contributed by atoms with Crippen LogP contribution in [0.1, 0.15) is 12.2 Å². The summed E-state index contributed by atoms with van der Waals surface area (Å²) in [7, 11) is -0.763. The highest BCUT2D eigenvalue weighted by Crippen LogP contribution is 2.17. The smallest absolute Gasteiger partial charge is 0.306 e. The van der Waals surface area contributed by atoms with Crippen molar-refractivity contribution < 1.29 is 27.2 Å². The molecule has 0 aliphatic heterocycles. The zero-order valence-electron chi connectivity index (χ0n) is 14.5. The van der Waals surface area contributed by atoms with Gasteiger partial charge in [0, 0.05) is 26.2 Å². The molecule has 0 aliphatic rings. The minimum absolute atomic E-state index is 0.0516. The molecule has 0 fully saturated rings. The lowest BCUT2D eigenvalue weighted by atomic mass is 10.2. The van der Waals surface area contributed by atoms with E-state index in [0.29, 0.717) is 17.9 Å². The summed E-state index contributed by atoms with van der Waals surface area (Å²) in [6.07, 6.45) is 1.99. The van der Waals surface area contributed by atoms with E-state index >= 15 is 0 Å². The number of ether oxygens (including phenoxy) is 1. The summed E-state index contributed by atoms with van der Waals surface area (Å²) in [5, 5.41) is 2.50. The Morgan fingerprint density at radius 2 is 1.96 bits per heavy atom. The minimum Gasteiger partial charge on any atom is -0.469 e. The zero-order valence-corrected chi connectivity index (χ0v) is 15.3. The van der Waals surface area contributed by atoms with Gasteiger partial charge in [-0.05, 0) is 30.3 Å². The van der Waals surface area contributed by atoms with E-state index in [1.807, 2.05) is 0 Å². The van der Waals surface area contributed by atoms with E-state index in [2.05, 4.69) is 5.32 Å². The van der Waals surface area contributed by atoms with Gasteiger partial charge in [-0.2, -0.15) is 0 Å². The van der Waals surface area contributed by atoms with Crippen LogP contribution in [0.25, 0.3) is 0 Å². The van der Waals surface area contributed by atoms with E-state index < -0.39 is 28.5 Å². The molecule has 26 heavy (non-hydrogen) atoms. The molecule has 0 saturated heterocycles. The van der Waals surface area contributed by atoms with Crippen molar-refractivity contribution in [1.82, 2.24) is 4.31 Å². The highest BCUT2D eigenvalue weighted by atomic mass is 32.2. The number of sulfonamides is 1. The predicted molar refractivity (Wildman–Crippen MR) is 93.9 cm³/mol. The standard InChI is InChI=1S/C17H20N2O6S/c1-19(2)26(22,23)15-7-3-5-13(11-15)18-16(20)12-25-17(21)9-8-14-6-4-10-24-14/h3-7,10-11H,8-9,12H2,1-2H3,(H,18,20). The fourth-order valence-electron chi connectivity index (χ4n) is 2.04. The average Bonchev–Trinajstić information content (AvgIpc) is 3.12. The van der Waals surface area contributed by atoms with Gasteiger partial charge < -0.3 is 14.5 Å². The quantitative estimate of drug-likeness (QED) is 0.698. The fourth-order valence-corrected chi connectivity index (χ4v) is 2.99. The first-order chi connectivity index (χ1) is 12.3. The van der Waals surface area contributed by atoms with Gasteiger partial charge in [0.1, 0.15) is 5.76 Å². The average molecular weight is 380 g/mol. The molecule has 0 atom stereocenters. The largest absolute Gasteiger partial charge is 0.469 e. The van der Waals surface area contributed by atoms with Crippen LogP contribution >= 0.6 is 0 Å². The molecule has 2 rings (SSSR count). The molecule has 2 aromatic rings. The van der Waals surface area contributed by atoms with Gasteiger partial charge in [-0.1, -0.05) is 6.07 Å². The molecule has 0 aliphatic carbocycles. The van der Waals surface area contributed by atoms with Crippen LogP contribution in [0.15, 0.2) is 52.0 Å². The number of rotatable bonds is 8. The second kappa shape index (κ2) is 8.63. The summed E-state index contributed by atoms with van der Waals surface area (Å²) in [5.41, 5.74) is 0.296. The summed E-state index contributed by atoms with van der Waals surface area (Å²) >= 11 is 0. The number of anilines is 1. The highest BCUT2D eigenvalue weighted by molar-refractivity contribution is 7.89. The van der Waals surface area contributed by atoms with Crippen molar-refractivity contribution in [3.8, 4) is 0 Å². The van der Waals surface area contributed by atoms with Crippen molar-refractivity contribution >= 4 is 27.6 Å². The number of nitrogens with one attached hydrogen (secondary N) is 1. The Hall–Kier alpha value is -2.65. The van der Waals surface area contributed by atoms with Crippen LogP contribution in [0.3, 0.4) is 0 Å². The number of benzene rings is 1. The number of nitrogens with zero attached hydrogens (tertiary/aromatic N) is 1. The third kappa shape index (κ3) is 5.43.